The van der Waals surface area contributed by atoms with E-state index in [0.717, 1.165) is 12.1 Å². The van der Waals surface area contributed by atoms with Gasteiger partial charge in [0.25, 0.3) is 0 Å². The second-order valence-corrected chi connectivity index (χ2v) is 3.76. The molecule has 0 aliphatic heterocycles. The zero-order chi connectivity index (χ0) is 11.3. The van der Waals surface area contributed by atoms with Crippen molar-refractivity contribution in [3.8, 4) is 0 Å². The molecule has 0 amide bonds. The fraction of sp³-hybridized carbons (Fsp3) is 0.600. The summed E-state index contributed by atoms with van der Waals surface area (Å²) in [4.78, 5) is 8.04. The smallest absolute Gasteiger partial charge is 0.224 e. The van der Waals surface area contributed by atoms with E-state index in [1.54, 1.807) is 0 Å². The van der Waals surface area contributed by atoms with E-state index in [1.807, 2.05) is 13.0 Å². The number of aliphatic hydroxyl groups excluding tert-OH is 1. The molecule has 1 heterocycles. The molecule has 15 heavy (non-hydrogen) atoms. The quantitative estimate of drug-likeness (QED) is 0.759. The number of hydrogen-bond donors (Lipinski definition) is 2. The van der Waals surface area contributed by atoms with Gasteiger partial charge in [-0.1, -0.05) is 6.92 Å². The number of aryl methyl sites for hydroxylation is 1. The Labute approximate surface area is 94.7 Å². The van der Waals surface area contributed by atoms with Crippen LogP contribution in [0.3, 0.4) is 0 Å². The molecule has 0 radical (unpaired) electrons. The van der Waals surface area contributed by atoms with Crippen molar-refractivity contribution in [1.82, 2.24) is 9.97 Å². The van der Waals surface area contributed by atoms with Gasteiger partial charge in [-0.2, -0.15) is 0 Å². The molecule has 1 rings (SSSR count). The van der Waals surface area contributed by atoms with Gasteiger partial charge >= 0.3 is 0 Å². The molecule has 0 bridgehead atoms. The molecule has 1 aromatic heterocycles. The van der Waals surface area contributed by atoms with Crippen LogP contribution in [0.5, 0.6) is 0 Å². The van der Waals surface area contributed by atoms with Gasteiger partial charge in [0.05, 0.1) is 0 Å². The lowest BCUT2D eigenvalue weighted by Crippen LogP contribution is -2.20. The Morgan fingerprint density at radius 2 is 2.27 bits per heavy atom. The lowest BCUT2D eigenvalue weighted by molar-refractivity contribution is 0.278. The van der Waals surface area contributed by atoms with Crippen molar-refractivity contribution in [1.29, 1.82) is 0 Å². The second kappa shape index (κ2) is 5.88. The summed E-state index contributed by atoms with van der Waals surface area (Å²) >= 11 is 5.74. The summed E-state index contributed by atoms with van der Waals surface area (Å²) in [6.07, 6.45) is 1.64. The van der Waals surface area contributed by atoms with Crippen LogP contribution in [0, 0.1) is 6.92 Å². The molecular formula is C10H16ClN3O. The van der Waals surface area contributed by atoms with Gasteiger partial charge in [-0.15, -0.1) is 0 Å². The molecular weight excluding hydrogens is 214 g/mol. The maximum atomic E-state index is 8.86. The molecule has 0 spiro atoms. The first-order valence-electron chi connectivity index (χ1n) is 5.04. The van der Waals surface area contributed by atoms with Crippen LogP contribution in [-0.2, 0) is 0 Å². The molecule has 0 aliphatic rings. The largest absolute Gasteiger partial charge is 0.396 e. The maximum Gasteiger partial charge on any atom is 0.224 e. The minimum Gasteiger partial charge on any atom is -0.396 e. The second-order valence-electron chi connectivity index (χ2n) is 3.43. The Morgan fingerprint density at radius 1 is 1.53 bits per heavy atom. The van der Waals surface area contributed by atoms with Crippen molar-refractivity contribution in [2.45, 2.75) is 32.7 Å². The van der Waals surface area contributed by atoms with E-state index in [0.29, 0.717) is 12.2 Å². The molecule has 1 aromatic rings. The van der Waals surface area contributed by atoms with Crippen molar-refractivity contribution in [3.05, 3.63) is 17.0 Å². The van der Waals surface area contributed by atoms with Gasteiger partial charge in [0.1, 0.15) is 5.82 Å². The highest BCUT2D eigenvalue weighted by atomic mass is 35.5. The number of aromatic nitrogens is 2. The SMILES string of the molecule is CCC(CCO)Nc1cc(C)nc(Cl)n1. The minimum absolute atomic E-state index is 0.170. The van der Waals surface area contributed by atoms with Crippen molar-refractivity contribution in [3.63, 3.8) is 0 Å². The monoisotopic (exact) mass is 229 g/mol. The maximum absolute atomic E-state index is 8.86. The summed E-state index contributed by atoms with van der Waals surface area (Å²) in [6, 6.07) is 2.06. The third kappa shape index (κ3) is 4.01. The van der Waals surface area contributed by atoms with Gasteiger partial charge in [-0.25, -0.2) is 9.97 Å². The third-order valence-corrected chi connectivity index (χ3v) is 2.32. The van der Waals surface area contributed by atoms with Crippen molar-refractivity contribution >= 4 is 17.4 Å². The normalized spacial score (nSPS) is 12.5. The number of halogens is 1. The Hall–Kier alpha value is -0.870. The molecule has 84 valence electrons. The van der Waals surface area contributed by atoms with Crippen LogP contribution in [0.15, 0.2) is 6.07 Å². The predicted octanol–water partition coefficient (Wildman–Crippen LogP) is 2.01. The lowest BCUT2D eigenvalue weighted by atomic mass is 10.1. The minimum atomic E-state index is 0.170. The molecule has 2 N–H and O–H groups in total. The average Bonchev–Trinajstić information content (AvgIpc) is 2.15. The highest BCUT2D eigenvalue weighted by Gasteiger charge is 2.07. The Balaban J connectivity index is 2.69. The fourth-order valence-corrected chi connectivity index (χ4v) is 1.57. The fourth-order valence-electron chi connectivity index (χ4n) is 1.35. The molecule has 1 unspecified atom stereocenters. The summed E-state index contributed by atoms with van der Waals surface area (Å²) in [5, 5.41) is 12.3. The van der Waals surface area contributed by atoms with E-state index < -0.39 is 0 Å². The number of hydrogen-bond acceptors (Lipinski definition) is 4. The Morgan fingerprint density at radius 3 is 2.80 bits per heavy atom. The molecule has 0 saturated heterocycles. The van der Waals surface area contributed by atoms with Crippen LogP contribution in [0.2, 0.25) is 5.28 Å². The van der Waals surface area contributed by atoms with Gasteiger partial charge in [0, 0.05) is 24.4 Å². The average molecular weight is 230 g/mol. The van der Waals surface area contributed by atoms with E-state index in [-0.39, 0.29) is 17.9 Å². The first-order chi connectivity index (χ1) is 7.15. The van der Waals surface area contributed by atoms with Crippen LogP contribution in [0.25, 0.3) is 0 Å². The van der Waals surface area contributed by atoms with E-state index >= 15 is 0 Å². The summed E-state index contributed by atoms with van der Waals surface area (Å²) in [7, 11) is 0. The van der Waals surface area contributed by atoms with E-state index in [9.17, 15) is 0 Å². The highest BCUT2D eigenvalue weighted by molar-refractivity contribution is 6.28. The number of aliphatic hydroxyl groups is 1. The topological polar surface area (TPSA) is 58.0 Å². The summed E-state index contributed by atoms with van der Waals surface area (Å²) < 4.78 is 0. The van der Waals surface area contributed by atoms with Gasteiger partial charge in [0.2, 0.25) is 5.28 Å². The molecule has 0 saturated carbocycles. The van der Waals surface area contributed by atoms with Gasteiger partial charge in [0.15, 0.2) is 0 Å². The molecule has 5 heteroatoms. The first-order valence-corrected chi connectivity index (χ1v) is 5.42. The molecule has 4 nitrogen and oxygen atoms in total. The van der Waals surface area contributed by atoms with Gasteiger partial charge < -0.3 is 10.4 Å². The van der Waals surface area contributed by atoms with Crippen molar-refractivity contribution < 1.29 is 5.11 Å². The van der Waals surface area contributed by atoms with Crippen LogP contribution in [0.1, 0.15) is 25.5 Å². The summed E-state index contributed by atoms with van der Waals surface area (Å²) in [5.41, 5.74) is 0.830. The van der Waals surface area contributed by atoms with Crippen molar-refractivity contribution in [2.24, 2.45) is 0 Å². The van der Waals surface area contributed by atoms with Crippen LogP contribution >= 0.6 is 11.6 Å². The third-order valence-electron chi connectivity index (χ3n) is 2.15. The zero-order valence-electron chi connectivity index (χ0n) is 9.00. The first kappa shape index (κ1) is 12.2. The van der Waals surface area contributed by atoms with Crippen LogP contribution < -0.4 is 5.32 Å². The van der Waals surface area contributed by atoms with E-state index in [1.165, 1.54) is 0 Å². The van der Waals surface area contributed by atoms with E-state index in [4.69, 9.17) is 16.7 Å². The summed E-state index contributed by atoms with van der Waals surface area (Å²) in [6.45, 7) is 4.10. The number of nitrogens with zero attached hydrogens (tertiary/aromatic N) is 2. The van der Waals surface area contributed by atoms with Crippen LogP contribution in [-0.4, -0.2) is 27.7 Å². The lowest BCUT2D eigenvalue weighted by Gasteiger charge is -2.16. The molecule has 0 aromatic carbocycles. The van der Waals surface area contributed by atoms with Gasteiger partial charge in [-0.3, -0.25) is 0 Å². The molecule has 1 atom stereocenters. The highest BCUT2D eigenvalue weighted by Crippen LogP contribution is 2.12. The number of anilines is 1. The Bertz CT molecular complexity index is 299. The number of rotatable bonds is 5. The van der Waals surface area contributed by atoms with Crippen LogP contribution in [0.4, 0.5) is 5.82 Å². The Kier molecular flexibility index (Phi) is 4.78. The number of nitrogens with one attached hydrogen (secondary N) is 1. The van der Waals surface area contributed by atoms with E-state index in [2.05, 4.69) is 22.2 Å². The zero-order valence-corrected chi connectivity index (χ0v) is 9.75. The van der Waals surface area contributed by atoms with Crippen molar-refractivity contribution in [2.75, 3.05) is 11.9 Å². The van der Waals surface area contributed by atoms with Gasteiger partial charge in [-0.05, 0) is 31.4 Å². The molecule has 0 fully saturated rings. The standard InChI is InChI=1S/C10H16ClN3O/c1-3-8(4-5-15)13-9-6-7(2)12-10(11)14-9/h6,8,15H,3-5H2,1-2H3,(H,12,13,14). The molecule has 0 aliphatic carbocycles. The predicted molar refractivity (Wildman–Crippen MR) is 61.2 cm³/mol. The summed E-state index contributed by atoms with van der Waals surface area (Å²) in [5.74, 6) is 0.716.